The second kappa shape index (κ2) is 41.8. The molecule has 3 saturated heterocycles. The summed E-state index contributed by atoms with van der Waals surface area (Å²) in [5, 5.41) is 14.0. The molecule has 0 radical (unpaired) electrons. The van der Waals surface area contributed by atoms with Gasteiger partial charge < -0.3 is 87.4 Å². The average Bonchev–Trinajstić information content (AvgIpc) is 1.67. The number of aliphatic hydroxyl groups is 1. The zero-order chi connectivity index (χ0) is 77.7. The van der Waals surface area contributed by atoms with Gasteiger partial charge in [0.25, 0.3) is 5.91 Å². The maximum atomic E-state index is 13.3. The first-order valence-corrected chi connectivity index (χ1v) is 39.2. The van der Waals surface area contributed by atoms with Crippen LogP contribution >= 0.6 is 69.9 Å². The summed E-state index contributed by atoms with van der Waals surface area (Å²) in [7, 11) is -11.4. The van der Waals surface area contributed by atoms with Crippen molar-refractivity contribution >= 4 is 135 Å². The first kappa shape index (κ1) is 92.5. The van der Waals surface area contributed by atoms with Crippen molar-refractivity contribution in [1.82, 2.24) is 35.5 Å². The van der Waals surface area contributed by atoms with Crippen LogP contribution in [0.5, 0.6) is 5.75 Å². The van der Waals surface area contributed by atoms with Crippen LogP contribution in [0, 0.1) is 0 Å². The van der Waals surface area contributed by atoms with Crippen molar-refractivity contribution in [2.75, 3.05) is 159 Å². The van der Waals surface area contributed by atoms with Gasteiger partial charge in [0.2, 0.25) is 21.2 Å². The van der Waals surface area contributed by atoms with E-state index >= 15 is 0 Å². The Balaban J connectivity index is 0.000000519. The third-order valence-corrected chi connectivity index (χ3v) is 19.1. The van der Waals surface area contributed by atoms with Crippen LogP contribution in [-0.4, -0.2) is 240 Å². The minimum Gasteiger partial charge on any atom is -0.452 e. The number of phosphoric ester groups is 3. The van der Waals surface area contributed by atoms with E-state index in [1.165, 1.54) is 25.5 Å². The number of likely N-dealkylation sites (N-methyl/N-ethyl adjacent to an activating group) is 1. The Morgan fingerprint density at radius 2 is 1.23 bits per heavy atom. The zero-order valence-corrected chi connectivity index (χ0v) is 74.0. The number of hydrogen-bond donors (Lipinski definition) is 7. The third-order valence-electron chi connectivity index (χ3n) is 16.0. The number of halogens is 7. The number of ether oxygens (including phenoxy) is 6. The van der Waals surface area contributed by atoms with E-state index in [1.807, 2.05) is 41.3 Å². The van der Waals surface area contributed by atoms with Gasteiger partial charge in [0.05, 0.1) is 46.2 Å². The molecule has 35 nitrogen and oxygen atoms in total. The number of aliphatic hydroxyl groups excluding tert-OH is 1. The molecule has 1 aliphatic carbocycles. The number of anilines is 4. The molecular weight excluding hydrogens is 2600 g/mol. The third kappa shape index (κ3) is 28.2. The molecule has 3 aromatic carbocycles. The number of nitrogens with zero attached hydrogens (tertiary/aromatic N) is 9. The van der Waals surface area contributed by atoms with Gasteiger partial charge in [-0.1, -0.05) is 101 Å². The molecule has 3 fully saturated rings. The summed E-state index contributed by atoms with van der Waals surface area (Å²) >= 11 is 22.1. The van der Waals surface area contributed by atoms with Crippen molar-refractivity contribution in [1.29, 1.82) is 0 Å². The van der Waals surface area contributed by atoms with Gasteiger partial charge in [-0.15, -0.1) is 0 Å². The molecule has 9 rings (SSSR count). The summed E-state index contributed by atoms with van der Waals surface area (Å²) in [6.45, 7) is -0.0883. The number of amides is 3. The summed E-state index contributed by atoms with van der Waals surface area (Å²) in [6, 6.07) is 19.4. The fourth-order valence-corrected chi connectivity index (χ4v) is 13.3. The van der Waals surface area contributed by atoms with Crippen LogP contribution in [0.1, 0.15) is 71.5 Å². The summed E-state index contributed by atoms with van der Waals surface area (Å²) in [6.07, 6.45) is -3.59. The number of aromatic nitrogens is 4. The SMILES string of the molecule is CN(C)C(=O)COC(=O)c1cc(COC(=O)NC(Cl)C(F)(F)F)ccc1OP1(=O)OCC(OP(=O)(O)O)CO1.O=C(NCCOCCN(CCOC(=O)OCC1c2ccccc2-c2ccccc21)c1nc(N2CCCCC2)c2nc(N(CCO)CCOP(=O)(O)O)nc(N3CCCCC3)c2n1)OCC(Cl)(Cl)Cl.[Fm].[Fm].[Fm].[Fm]. The number of esters is 1. The summed E-state index contributed by atoms with van der Waals surface area (Å²) in [5.74, 6) is -0.769. The van der Waals surface area contributed by atoms with E-state index in [1.54, 1.807) is 4.90 Å². The average molecular weight is 2680 g/mol. The first-order valence-electron chi connectivity index (χ1n) is 33.1. The van der Waals surface area contributed by atoms with Crippen LogP contribution in [0.4, 0.5) is 51.1 Å². The van der Waals surface area contributed by atoms with Gasteiger partial charge in [-0.25, -0.2) is 42.8 Å². The summed E-state index contributed by atoms with van der Waals surface area (Å²) in [5.41, 5.74) is 2.14. The summed E-state index contributed by atoms with van der Waals surface area (Å²) < 4.78 is 127. The van der Waals surface area contributed by atoms with Crippen LogP contribution < -0.4 is 34.8 Å². The van der Waals surface area contributed by atoms with Crippen molar-refractivity contribution in [3.63, 3.8) is 0 Å². The number of alkyl halides is 7. The molecule has 1 atom stereocenters. The molecule has 7 N–H and O–H groups in total. The number of rotatable bonds is 32. The van der Waals surface area contributed by atoms with Crippen molar-refractivity contribution in [3.05, 3.63) is 89.0 Å². The van der Waals surface area contributed by atoms with Crippen molar-refractivity contribution < 1.29 is 127 Å². The van der Waals surface area contributed by atoms with Gasteiger partial charge in [0.1, 0.15) is 54.9 Å². The van der Waals surface area contributed by atoms with Crippen LogP contribution in [0.15, 0.2) is 66.7 Å². The number of benzene rings is 3. The molecule has 4 aliphatic rings. The predicted molar refractivity (Wildman–Crippen MR) is 380 cm³/mol. The Morgan fingerprint density at radius 3 is 1.75 bits per heavy atom. The quantitative estimate of drug-likeness (QED) is 0.00529. The van der Waals surface area contributed by atoms with Gasteiger partial charge >= 0.3 is 54.0 Å². The molecule has 5 aromatic rings. The van der Waals surface area contributed by atoms with E-state index in [4.69, 9.17) is 118 Å². The molecule has 0 bridgehead atoms. The maximum Gasteiger partial charge on any atom is 0.530 e. The smallest absolute Gasteiger partial charge is 0.452 e. The monoisotopic (exact) mass is 2680 g/mol. The summed E-state index contributed by atoms with van der Waals surface area (Å²) in [4.78, 5) is 127. The maximum absolute atomic E-state index is 13.3. The Labute approximate surface area is 630 Å². The molecule has 111 heavy (non-hydrogen) atoms. The van der Waals surface area contributed by atoms with Crippen LogP contribution in [0.25, 0.3) is 22.2 Å². The van der Waals surface area contributed by atoms with E-state index < -0.39 is 120 Å². The van der Waals surface area contributed by atoms with Crippen molar-refractivity contribution in [2.45, 2.75) is 72.6 Å². The van der Waals surface area contributed by atoms with E-state index in [0.29, 0.717) is 54.8 Å². The standard InChI is InChI=1S/C44H57Cl3N9O11P.C18H22ClF3N2O13P2.4Fm/c45-44(46,47)30-66-42(58)48-15-25-63-26-21-56(22-27-64-43(59)65-29-35-33-13-5-3-11-31(33)32-12-4-6-14-34(32)35)41-50-37-36(39(52-41)54-18-9-2-10-19-54)49-40(51-38(37)53-16-7-1-8-17-53)55(20-24-57)23-28-67-68(60,61)62;1-24(2)14(25)9-32-15(26)12-5-10(6-33-17(27)23-16(19)18(20,21)22)3-4-13(12)37-39(31)34-7-11(8-35-39)36-38(28,29)30;;;;/h3-6,11-14,35,57H,1-2,7-10,15-30H2,(H,48,58)(H2,60,61,62);3-5,11,16H,6-9H2,1-2H3,(H,23,27)(H2,28,29,30);;;;. The largest absolute Gasteiger partial charge is 0.530 e. The fourth-order valence-electron chi connectivity index (χ4n) is 11.0. The predicted octanol–water partition coefficient (Wildman–Crippen LogP) is 8.49. The van der Waals surface area contributed by atoms with Gasteiger partial charge in [0, 0.05) is 72.4 Å². The van der Waals surface area contributed by atoms with Gasteiger partial charge in [-0.3, -0.25) is 28.2 Å². The number of piperidine rings is 2. The molecule has 3 amide bonds. The van der Waals surface area contributed by atoms with Crippen molar-refractivity contribution in [3.8, 4) is 16.9 Å². The van der Waals surface area contributed by atoms with E-state index in [9.17, 15) is 65.7 Å². The Bertz CT molecular complexity index is 3980. The number of hydrogen-bond acceptors (Lipinski definition) is 28. The molecule has 5 heterocycles. The van der Waals surface area contributed by atoms with Crippen LogP contribution in [0.2, 0.25) is 0 Å². The Kier molecular flexibility index (Phi) is 34.8. The molecular formula is C62H79Cl4F3Fm4N11O24P3. The van der Waals surface area contributed by atoms with E-state index in [2.05, 4.69) is 36.5 Å². The second-order valence-corrected chi connectivity index (χ2v) is 31.0. The topological polar surface area (TPSA) is 431 Å². The number of alkyl carbamates (subject to hydrolysis) is 2. The molecule has 638 valence electrons. The number of carbonyl (C=O) groups excluding carboxylic acids is 5. The second-order valence-electron chi connectivity index (χ2n) is 24.0. The molecule has 3 aliphatic heterocycles. The fraction of sp³-hybridized carbons (Fsp3) is 0.532. The number of nitrogens with one attached hydrogen (secondary N) is 2. The van der Waals surface area contributed by atoms with E-state index in [-0.39, 0.29) is 89.8 Å². The van der Waals surface area contributed by atoms with Crippen LogP contribution in [-0.2, 0) is 71.6 Å². The normalized spacial score (nSPS) is 16.5. The molecule has 1 unspecified atom stereocenters. The Morgan fingerprint density at radius 1 is 0.685 bits per heavy atom. The minimum atomic E-state index is -4.94. The molecule has 0 spiro atoms. The first-order chi connectivity index (χ1) is 50.7. The molecule has 49 heteroatoms. The van der Waals surface area contributed by atoms with Gasteiger partial charge in [-0.2, -0.15) is 23.1 Å². The Hall–Kier alpha value is -10.9. The van der Waals surface area contributed by atoms with Crippen LogP contribution in [0.3, 0.4) is 0 Å². The zero-order valence-electron chi connectivity index (χ0n) is 58.6. The molecule has 0 saturated carbocycles. The molecule has 2 aromatic heterocycles. The number of carbonyl (C=O) groups is 5. The van der Waals surface area contributed by atoms with E-state index in [0.717, 1.165) is 77.8 Å². The number of fused-ring (bicyclic) bond motifs is 4. The minimum absolute atomic E-state index is 0. The van der Waals surface area contributed by atoms with Gasteiger partial charge in [0.15, 0.2) is 18.2 Å². The van der Waals surface area contributed by atoms with Gasteiger partial charge in [-0.05, 0) is 78.5 Å². The number of phosphoric acid groups is 3. The van der Waals surface area contributed by atoms with Crippen molar-refractivity contribution in [2.24, 2.45) is 0 Å².